The van der Waals surface area contributed by atoms with Gasteiger partial charge >= 0.3 is 0 Å². The van der Waals surface area contributed by atoms with E-state index in [0.29, 0.717) is 29.4 Å². The van der Waals surface area contributed by atoms with E-state index >= 15 is 0 Å². The Hall–Kier alpha value is -2.72. The summed E-state index contributed by atoms with van der Waals surface area (Å²) in [6.45, 7) is 4.99. The number of phenolic OH excluding ortho intramolecular Hbond substituents is 1. The first-order chi connectivity index (χ1) is 14.1. The van der Waals surface area contributed by atoms with Crippen molar-refractivity contribution in [2.24, 2.45) is 0 Å². The number of phenols is 1. The molecule has 29 heavy (non-hydrogen) atoms. The molecule has 1 saturated heterocycles. The predicted molar refractivity (Wildman–Crippen MR) is 110 cm³/mol. The molecule has 0 radical (unpaired) electrons. The second kappa shape index (κ2) is 8.34. The van der Waals surface area contributed by atoms with Crippen molar-refractivity contribution < 1.29 is 9.50 Å². The van der Waals surface area contributed by atoms with Crippen molar-refractivity contribution in [1.29, 1.82) is 5.26 Å². The first-order valence-corrected chi connectivity index (χ1v) is 10.3. The standard InChI is InChI=1S/C22H26FN5O/c1-15-18-5-3-10-28(17-4-2-9-27(14-17)11-8-23)22(18)26-25-21(15)19-7-6-16(13-24)12-20(19)29/h6-7,12,17,29H,2-5,8-11,14H2,1H3/t17-/m1/s1. The summed E-state index contributed by atoms with van der Waals surface area (Å²) in [4.78, 5) is 4.55. The minimum atomic E-state index is -0.306. The van der Waals surface area contributed by atoms with E-state index in [9.17, 15) is 9.50 Å². The molecule has 0 amide bonds. The number of aromatic nitrogens is 2. The summed E-state index contributed by atoms with van der Waals surface area (Å²) in [5, 5.41) is 28.4. The third kappa shape index (κ3) is 3.77. The number of rotatable bonds is 4. The maximum atomic E-state index is 12.8. The normalized spacial score (nSPS) is 19.6. The van der Waals surface area contributed by atoms with Gasteiger partial charge < -0.3 is 10.0 Å². The van der Waals surface area contributed by atoms with Crippen molar-refractivity contribution in [2.45, 2.75) is 38.6 Å². The Morgan fingerprint density at radius 2 is 2.14 bits per heavy atom. The zero-order valence-electron chi connectivity index (χ0n) is 16.7. The number of benzene rings is 1. The average molecular weight is 395 g/mol. The Kier molecular flexibility index (Phi) is 5.63. The van der Waals surface area contributed by atoms with Crippen LogP contribution in [0.1, 0.15) is 36.0 Å². The molecule has 1 aromatic carbocycles. The van der Waals surface area contributed by atoms with Crippen molar-refractivity contribution in [3.8, 4) is 23.1 Å². The smallest absolute Gasteiger partial charge is 0.155 e. The number of alkyl halides is 1. The molecule has 4 rings (SSSR count). The monoisotopic (exact) mass is 395 g/mol. The zero-order chi connectivity index (χ0) is 20.4. The van der Waals surface area contributed by atoms with Crippen molar-refractivity contribution in [3.05, 3.63) is 34.9 Å². The van der Waals surface area contributed by atoms with Crippen LogP contribution in [0.15, 0.2) is 18.2 Å². The Balaban J connectivity index is 1.66. The van der Waals surface area contributed by atoms with Crippen LogP contribution in [-0.4, -0.2) is 59.1 Å². The van der Waals surface area contributed by atoms with Crippen LogP contribution >= 0.6 is 0 Å². The Bertz CT molecular complexity index is 940. The van der Waals surface area contributed by atoms with Crippen LogP contribution < -0.4 is 4.90 Å². The van der Waals surface area contributed by atoms with Crippen molar-refractivity contribution in [1.82, 2.24) is 15.1 Å². The average Bonchev–Trinajstić information content (AvgIpc) is 2.74. The number of hydrogen-bond donors (Lipinski definition) is 1. The van der Waals surface area contributed by atoms with Gasteiger partial charge in [0, 0.05) is 36.8 Å². The van der Waals surface area contributed by atoms with Gasteiger partial charge in [-0.25, -0.2) is 4.39 Å². The fraction of sp³-hybridized carbons (Fsp3) is 0.500. The molecular formula is C22H26FN5O. The first-order valence-electron chi connectivity index (χ1n) is 10.3. The number of aromatic hydroxyl groups is 1. The van der Waals surface area contributed by atoms with E-state index in [0.717, 1.165) is 56.7 Å². The Labute approximate surface area is 170 Å². The topological polar surface area (TPSA) is 76.3 Å². The molecule has 0 saturated carbocycles. The summed E-state index contributed by atoms with van der Waals surface area (Å²) >= 11 is 0. The van der Waals surface area contributed by atoms with Gasteiger partial charge in [0.25, 0.3) is 0 Å². The van der Waals surface area contributed by atoms with Crippen molar-refractivity contribution in [3.63, 3.8) is 0 Å². The number of fused-ring (bicyclic) bond motifs is 1. The van der Waals surface area contributed by atoms with E-state index < -0.39 is 0 Å². The summed E-state index contributed by atoms with van der Waals surface area (Å²) in [6.07, 6.45) is 4.12. The largest absolute Gasteiger partial charge is 0.507 e. The number of anilines is 1. The molecule has 1 aromatic heterocycles. The quantitative estimate of drug-likeness (QED) is 0.857. The fourth-order valence-corrected chi connectivity index (χ4v) is 4.63. The number of nitriles is 1. The lowest BCUT2D eigenvalue weighted by Gasteiger charge is -2.42. The van der Waals surface area contributed by atoms with E-state index in [1.807, 2.05) is 13.0 Å². The first kappa shape index (κ1) is 19.6. The van der Waals surface area contributed by atoms with Crippen molar-refractivity contribution >= 4 is 5.82 Å². The number of halogens is 1. The molecule has 0 aliphatic carbocycles. The summed E-state index contributed by atoms with van der Waals surface area (Å²) in [5.41, 5.74) is 3.87. The lowest BCUT2D eigenvalue weighted by Crippen LogP contribution is -2.50. The maximum Gasteiger partial charge on any atom is 0.155 e. The highest BCUT2D eigenvalue weighted by atomic mass is 19.1. The van der Waals surface area contributed by atoms with Gasteiger partial charge in [0.2, 0.25) is 0 Å². The van der Waals surface area contributed by atoms with Gasteiger partial charge in [-0.1, -0.05) is 0 Å². The molecule has 2 aromatic rings. The molecular weight excluding hydrogens is 369 g/mol. The highest BCUT2D eigenvalue weighted by Gasteiger charge is 2.31. The summed E-state index contributed by atoms with van der Waals surface area (Å²) < 4.78 is 12.8. The van der Waals surface area contributed by atoms with Crippen LogP contribution in [0, 0.1) is 18.3 Å². The predicted octanol–water partition coefficient (Wildman–Crippen LogP) is 3.22. The van der Waals surface area contributed by atoms with Gasteiger partial charge in [0.1, 0.15) is 12.4 Å². The third-order valence-electron chi connectivity index (χ3n) is 6.12. The van der Waals surface area contributed by atoms with E-state index in [1.165, 1.54) is 11.6 Å². The molecule has 6 nitrogen and oxygen atoms in total. The second-order valence-corrected chi connectivity index (χ2v) is 7.90. The summed E-state index contributed by atoms with van der Waals surface area (Å²) in [7, 11) is 0. The SMILES string of the molecule is Cc1c(-c2ccc(C#N)cc2O)nnc2c1CCCN2[C@@H]1CCCN(CCF)C1. The molecule has 0 spiro atoms. The molecule has 1 fully saturated rings. The lowest BCUT2D eigenvalue weighted by molar-refractivity contribution is 0.188. The molecule has 1 atom stereocenters. The molecule has 2 aliphatic heterocycles. The van der Waals surface area contributed by atoms with Crippen LogP contribution in [-0.2, 0) is 6.42 Å². The fourth-order valence-electron chi connectivity index (χ4n) is 4.63. The van der Waals surface area contributed by atoms with E-state index in [2.05, 4.69) is 20.0 Å². The molecule has 0 unspecified atom stereocenters. The van der Waals surface area contributed by atoms with Crippen LogP contribution in [0.3, 0.4) is 0 Å². The molecule has 2 aliphatic rings. The number of likely N-dealkylation sites (tertiary alicyclic amines) is 1. The van der Waals surface area contributed by atoms with E-state index in [1.54, 1.807) is 12.1 Å². The van der Waals surface area contributed by atoms with Gasteiger partial charge in [-0.3, -0.25) is 4.90 Å². The van der Waals surface area contributed by atoms with Gasteiger partial charge in [-0.15, -0.1) is 10.2 Å². The van der Waals surface area contributed by atoms with Gasteiger partial charge in [-0.2, -0.15) is 5.26 Å². The number of piperidine rings is 1. The van der Waals surface area contributed by atoms with Crippen LogP contribution in [0.2, 0.25) is 0 Å². The van der Waals surface area contributed by atoms with Gasteiger partial charge in [0.15, 0.2) is 5.82 Å². The second-order valence-electron chi connectivity index (χ2n) is 7.90. The van der Waals surface area contributed by atoms with E-state index in [-0.39, 0.29) is 12.4 Å². The minimum absolute atomic E-state index is 0.0446. The van der Waals surface area contributed by atoms with Gasteiger partial charge in [0.05, 0.1) is 17.3 Å². The lowest BCUT2D eigenvalue weighted by atomic mass is 9.94. The van der Waals surface area contributed by atoms with Crippen LogP contribution in [0.5, 0.6) is 5.75 Å². The van der Waals surface area contributed by atoms with Gasteiger partial charge in [-0.05, 0) is 62.9 Å². The number of hydrogen-bond acceptors (Lipinski definition) is 6. The molecule has 3 heterocycles. The summed E-state index contributed by atoms with van der Waals surface area (Å²) in [6, 6.07) is 7.24. The number of nitrogens with zero attached hydrogens (tertiary/aromatic N) is 5. The summed E-state index contributed by atoms with van der Waals surface area (Å²) in [5.74, 6) is 0.973. The zero-order valence-corrected chi connectivity index (χ0v) is 16.7. The molecule has 7 heteroatoms. The minimum Gasteiger partial charge on any atom is -0.507 e. The highest BCUT2D eigenvalue weighted by Crippen LogP contribution is 2.37. The molecule has 1 N–H and O–H groups in total. The highest BCUT2D eigenvalue weighted by molar-refractivity contribution is 5.73. The maximum absolute atomic E-state index is 12.8. The van der Waals surface area contributed by atoms with Crippen LogP contribution in [0.4, 0.5) is 10.2 Å². The Morgan fingerprint density at radius 1 is 1.28 bits per heavy atom. The van der Waals surface area contributed by atoms with Crippen molar-refractivity contribution in [2.75, 3.05) is 37.8 Å². The molecule has 0 bridgehead atoms. The van der Waals surface area contributed by atoms with Crippen LogP contribution in [0.25, 0.3) is 11.3 Å². The third-order valence-corrected chi connectivity index (χ3v) is 6.12. The van der Waals surface area contributed by atoms with E-state index in [4.69, 9.17) is 5.26 Å². The Morgan fingerprint density at radius 3 is 2.90 bits per heavy atom. The molecule has 152 valence electrons.